The number of carbonyl (C=O) groups is 1. The van der Waals surface area contributed by atoms with Crippen LogP contribution in [0, 0.1) is 0 Å². The highest BCUT2D eigenvalue weighted by atomic mass is 16.5. The molecule has 0 aliphatic carbocycles. The van der Waals surface area contributed by atoms with Gasteiger partial charge in [0.2, 0.25) is 0 Å². The number of esters is 1. The average molecular weight is 245 g/mol. The smallest absolute Gasteiger partial charge is 0.337 e. The quantitative estimate of drug-likeness (QED) is 0.546. The van der Waals surface area contributed by atoms with Crippen LogP contribution in [0.1, 0.15) is 15.9 Å². The normalized spacial score (nSPS) is 10.1. The molecule has 0 N–H and O–H groups in total. The van der Waals surface area contributed by atoms with Crippen molar-refractivity contribution in [3.05, 3.63) is 60.7 Å². The van der Waals surface area contributed by atoms with Gasteiger partial charge in [-0.25, -0.2) is 4.79 Å². The molecule has 1 rings (SSSR count). The minimum atomic E-state index is -0.310. The summed E-state index contributed by atoms with van der Waals surface area (Å²) in [5, 5.41) is 0. The number of ether oxygens (including phenoxy) is 1. The number of hydrogen-bond acceptors (Lipinski definition) is 3. The zero-order valence-electron chi connectivity index (χ0n) is 10.8. The predicted octanol–water partition coefficient (Wildman–Crippen LogP) is 2.65. The number of benzene rings is 1. The van der Waals surface area contributed by atoms with Crippen LogP contribution in [-0.4, -0.2) is 31.1 Å². The Hall–Kier alpha value is -1.87. The lowest BCUT2D eigenvalue weighted by molar-refractivity contribution is 0.0600. The van der Waals surface area contributed by atoms with Crippen LogP contribution in [0.25, 0.3) is 0 Å². The van der Waals surface area contributed by atoms with Crippen molar-refractivity contribution in [2.24, 2.45) is 0 Å². The van der Waals surface area contributed by atoms with E-state index in [0.29, 0.717) is 5.56 Å². The number of methoxy groups -OCH3 is 1. The summed E-state index contributed by atoms with van der Waals surface area (Å²) in [6.07, 6.45) is 3.73. The summed E-state index contributed by atoms with van der Waals surface area (Å²) in [7, 11) is 1.38. The number of nitrogens with zero attached hydrogens (tertiary/aromatic N) is 1. The van der Waals surface area contributed by atoms with Crippen molar-refractivity contribution in [1.29, 1.82) is 0 Å². The lowest BCUT2D eigenvalue weighted by Crippen LogP contribution is -2.23. The number of carbonyl (C=O) groups excluding carboxylic acids is 1. The van der Waals surface area contributed by atoms with Gasteiger partial charge >= 0.3 is 5.97 Å². The van der Waals surface area contributed by atoms with Gasteiger partial charge < -0.3 is 4.74 Å². The van der Waals surface area contributed by atoms with Crippen molar-refractivity contribution in [3.8, 4) is 0 Å². The lowest BCUT2D eigenvalue weighted by atomic mass is 10.1. The molecule has 0 radical (unpaired) electrons. The van der Waals surface area contributed by atoms with E-state index in [1.807, 2.05) is 24.3 Å². The van der Waals surface area contributed by atoms with Gasteiger partial charge in [0.05, 0.1) is 12.7 Å². The molecule has 0 heterocycles. The van der Waals surface area contributed by atoms with Crippen molar-refractivity contribution in [3.63, 3.8) is 0 Å². The molecule has 96 valence electrons. The Bertz CT molecular complexity index is 399. The van der Waals surface area contributed by atoms with Gasteiger partial charge in [-0.05, 0) is 17.7 Å². The number of rotatable bonds is 7. The first-order valence-electron chi connectivity index (χ1n) is 5.82. The van der Waals surface area contributed by atoms with E-state index in [9.17, 15) is 4.79 Å². The first-order valence-corrected chi connectivity index (χ1v) is 5.82. The zero-order chi connectivity index (χ0) is 13.4. The molecule has 0 atom stereocenters. The van der Waals surface area contributed by atoms with Gasteiger partial charge in [0.25, 0.3) is 0 Å². The highest BCUT2D eigenvalue weighted by Crippen LogP contribution is 2.08. The van der Waals surface area contributed by atoms with Crippen molar-refractivity contribution < 1.29 is 9.53 Å². The van der Waals surface area contributed by atoms with Gasteiger partial charge in [-0.3, -0.25) is 4.90 Å². The van der Waals surface area contributed by atoms with E-state index in [0.717, 1.165) is 25.2 Å². The van der Waals surface area contributed by atoms with Crippen molar-refractivity contribution in [2.45, 2.75) is 6.54 Å². The van der Waals surface area contributed by atoms with Crippen LogP contribution in [0.15, 0.2) is 49.6 Å². The molecular formula is C15H19NO2. The van der Waals surface area contributed by atoms with Gasteiger partial charge in [-0.15, -0.1) is 13.2 Å². The lowest BCUT2D eigenvalue weighted by Gasteiger charge is -2.18. The molecule has 3 heteroatoms. The monoisotopic (exact) mass is 245 g/mol. The predicted molar refractivity (Wildman–Crippen MR) is 73.5 cm³/mol. The summed E-state index contributed by atoms with van der Waals surface area (Å²) in [5.74, 6) is -0.310. The Morgan fingerprint density at radius 1 is 1.22 bits per heavy atom. The molecular weight excluding hydrogens is 226 g/mol. The maximum Gasteiger partial charge on any atom is 0.337 e. The van der Waals surface area contributed by atoms with Crippen LogP contribution in [0.4, 0.5) is 0 Å². The van der Waals surface area contributed by atoms with Gasteiger partial charge in [-0.2, -0.15) is 0 Å². The van der Waals surface area contributed by atoms with E-state index < -0.39 is 0 Å². The molecule has 0 aliphatic heterocycles. The first kappa shape index (κ1) is 14.2. The molecule has 3 nitrogen and oxygen atoms in total. The third-order valence-corrected chi connectivity index (χ3v) is 2.56. The minimum Gasteiger partial charge on any atom is -0.465 e. The molecule has 0 aliphatic rings. The Morgan fingerprint density at radius 2 is 1.78 bits per heavy atom. The molecule has 0 saturated carbocycles. The van der Waals surface area contributed by atoms with E-state index in [1.54, 1.807) is 12.1 Å². The second kappa shape index (κ2) is 7.45. The summed E-state index contributed by atoms with van der Waals surface area (Å²) < 4.78 is 4.66. The molecule has 1 aromatic rings. The first-order chi connectivity index (χ1) is 8.71. The maximum atomic E-state index is 11.3. The average Bonchev–Trinajstić information content (AvgIpc) is 2.39. The molecule has 1 aromatic carbocycles. The summed E-state index contributed by atoms with van der Waals surface area (Å²) in [6.45, 7) is 9.90. The highest BCUT2D eigenvalue weighted by molar-refractivity contribution is 5.89. The summed E-state index contributed by atoms with van der Waals surface area (Å²) in [4.78, 5) is 13.5. The van der Waals surface area contributed by atoms with Crippen molar-refractivity contribution >= 4 is 5.97 Å². The fraction of sp³-hybridized carbons (Fsp3) is 0.267. The Morgan fingerprint density at radius 3 is 2.22 bits per heavy atom. The standard InChI is InChI=1S/C15H19NO2/c1-4-10-16(11-5-2)12-13-6-8-14(9-7-13)15(17)18-3/h4-9H,1-2,10-12H2,3H3. The van der Waals surface area contributed by atoms with E-state index >= 15 is 0 Å². The second-order valence-corrected chi connectivity index (χ2v) is 3.96. The molecule has 0 fully saturated rings. The highest BCUT2D eigenvalue weighted by Gasteiger charge is 2.06. The van der Waals surface area contributed by atoms with Crippen molar-refractivity contribution in [2.75, 3.05) is 20.2 Å². The molecule has 0 unspecified atom stereocenters. The SMILES string of the molecule is C=CCN(CC=C)Cc1ccc(C(=O)OC)cc1. The Labute approximate surface area is 108 Å². The van der Waals surface area contributed by atoms with Gasteiger partial charge in [0.1, 0.15) is 0 Å². The summed E-state index contributed by atoms with van der Waals surface area (Å²) in [6, 6.07) is 7.43. The zero-order valence-corrected chi connectivity index (χ0v) is 10.8. The van der Waals surface area contributed by atoms with Gasteiger partial charge in [0.15, 0.2) is 0 Å². The molecule has 18 heavy (non-hydrogen) atoms. The fourth-order valence-electron chi connectivity index (χ4n) is 1.69. The maximum absolute atomic E-state index is 11.3. The van der Waals surface area contributed by atoms with E-state index in [4.69, 9.17) is 0 Å². The number of hydrogen-bond donors (Lipinski definition) is 0. The van der Waals surface area contributed by atoms with Crippen LogP contribution >= 0.6 is 0 Å². The largest absolute Gasteiger partial charge is 0.465 e. The molecule has 0 saturated heterocycles. The van der Waals surface area contributed by atoms with Crippen LogP contribution in [0.5, 0.6) is 0 Å². The minimum absolute atomic E-state index is 0.310. The van der Waals surface area contributed by atoms with Gasteiger partial charge in [-0.1, -0.05) is 24.3 Å². The van der Waals surface area contributed by atoms with Crippen LogP contribution in [0.2, 0.25) is 0 Å². The van der Waals surface area contributed by atoms with E-state index in [-0.39, 0.29) is 5.97 Å². The summed E-state index contributed by atoms with van der Waals surface area (Å²) >= 11 is 0. The molecule has 0 aromatic heterocycles. The van der Waals surface area contributed by atoms with Crippen LogP contribution < -0.4 is 0 Å². The van der Waals surface area contributed by atoms with E-state index in [2.05, 4.69) is 22.8 Å². The molecule has 0 amide bonds. The van der Waals surface area contributed by atoms with Crippen LogP contribution in [0.3, 0.4) is 0 Å². The molecule has 0 spiro atoms. The topological polar surface area (TPSA) is 29.5 Å². The third-order valence-electron chi connectivity index (χ3n) is 2.56. The second-order valence-electron chi connectivity index (χ2n) is 3.96. The Balaban J connectivity index is 2.69. The van der Waals surface area contributed by atoms with Gasteiger partial charge in [0, 0.05) is 19.6 Å². The molecule has 0 bridgehead atoms. The van der Waals surface area contributed by atoms with E-state index in [1.165, 1.54) is 7.11 Å². The van der Waals surface area contributed by atoms with Crippen LogP contribution in [-0.2, 0) is 11.3 Å². The summed E-state index contributed by atoms with van der Waals surface area (Å²) in [5.41, 5.74) is 1.71. The van der Waals surface area contributed by atoms with Crippen molar-refractivity contribution in [1.82, 2.24) is 4.90 Å². The third kappa shape index (κ3) is 4.18. The fourth-order valence-corrected chi connectivity index (χ4v) is 1.69. The Kier molecular flexibility index (Phi) is 5.88.